The third-order valence-corrected chi connectivity index (χ3v) is 3.96. The fourth-order valence-corrected chi connectivity index (χ4v) is 3.09. The Hall–Kier alpha value is -0.970. The van der Waals surface area contributed by atoms with Crippen LogP contribution in [-0.2, 0) is 6.54 Å². The van der Waals surface area contributed by atoms with Gasteiger partial charge in [0.25, 0.3) is 0 Å². The van der Waals surface area contributed by atoms with Gasteiger partial charge in [-0.05, 0) is 23.5 Å². The predicted molar refractivity (Wildman–Crippen MR) is 86.0 cm³/mol. The van der Waals surface area contributed by atoms with Crippen LogP contribution in [0.5, 0.6) is 0 Å². The molecule has 118 valence electrons. The number of aliphatic hydroxyl groups excluding tert-OH is 1. The van der Waals surface area contributed by atoms with Crippen molar-refractivity contribution < 1.29 is 5.11 Å². The standard InChI is InChI=1S/C17H29N3O/c1-17(2,3)14-20-9-8-19(13-16(20)6-10-21)12-15-5-4-7-18-11-15/h4-5,7,11,16,21H,6,8-10,12-14H2,1-3H3/t16-/m1/s1. The molecule has 1 fully saturated rings. The van der Waals surface area contributed by atoms with E-state index in [0.717, 1.165) is 39.1 Å². The van der Waals surface area contributed by atoms with Crippen molar-refractivity contribution in [2.24, 2.45) is 5.41 Å². The zero-order valence-electron chi connectivity index (χ0n) is 13.6. The molecule has 4 nitrogen and oxygen atoms in total. The van der Waals surface area contributed by atoms with E-state index in [1.807, 2.05) is 18.5 Å². The summed E-state index contributed by atoms with van der Waals surface area (Å²) in [5.74, 6) is 0. The molecule has 0 saturated carbocycles. The van der Waals surface area contributed by atoms with Crippen LogP contribution in [-0.4, -0.2) is 58.7 Å². The predicted octanol–water partition coefficient (Wildman–Crippen LogP) is 2.00. The summed E-state index contributed by atoms with van der Waals surface area (Å²) in [7, 11) is 0. The molecule has 0 amide bonds. The van der Waals surface area contributed by atoms with Gasteiger partial charge in [-0.15, -0.1) is 0 Å². The van der Waals surface area contributed by atoms with Crippen molar-refractivity contribution in [3.05, 3.63) is 30.1 Å². The summed E-state index contributed by atoms with van der Waals surface area (Å²) < 4.78 is 0. The van der Waals surface area contributed by atoms with E-state index < -0.39 is 0 Å². The van der Waals surface area contributed by atoms with Crippen LogP contribution in [0.25, 0.3) is 0 Å². The minimum absolute atomic E-state index is 0.270. The summed E-state index contributed by atoms with van der Waals surface area (Å²) in [4.78, 5) is 9.23. The fourth-order valence-electron chi connectivity index (χ4n) is 3.09. The quantitative estimate of drug-likeness (QED) is 0.901. The van der Waals surface area contributed by atoms with Gasteiger partial charge in [0, 0.05) is 57.8 Å². The second-order valence-corrected chi connectivity index (χ2v) is 7.29. The van der Waals surface area contributed by atoms with Crippen molar-refractivity contribution >= 4 is 0 Å². The first-order valence-electron chi connectivity index (χ1n) is 7.94. The number of hydrogen-bond donors (Lipinski definition) is 1. The van der Waals surface area contributed by atoms with Crippen LogP contribution >= 0.6 is 0 Å². The van der Waals surface area contributed by atoms with Crippen molar-refractivity contribution in [2.75, 3.05) is 32.8 Å². The van der Waals surface area contributed by atoms with Crippen LogP contribution in [0.3, 0.4) is 0 Å². The van der Waals surface area contributed by atoms with Crippen molar-refractivity contribution in [3.8, 4) is 0 Å². The number of piperazine rings is 1. The van der Waals surface area contributed by atoms with Crippen molar-refractivity contribution in [3.63, 3.8) is 0 Å². The Kier molecular flexibility index (Phi) is 5.73. The number of rotatable bonds is 5. The molecule has 0 unspecified atom stereocenters. The largest absolute Gasteiger partial charge is 0.396 e. The average Bonchev–Trinajstić information content (AvgIpc) is 2.42. The van der Waals surface area contributed by atoms with Crippen LogP contribution < -0.4 is 0 Å². The Labute approximate surface area is 128 Å². The molecular weight excluding hydrogens is 262 g/mol. The summed E-state index contributed by atoms with van der Waals surface area (Å²) in [6.07, 6.45) is 4.63. The molecule has 1 aliphatic heterocycles. The lowest BCUT2D eigenvalue weighted by Gasteiger charge is -2.44. The molecule has 0 bridgehead atoms. The third kappa shape index (κ3) is 5.38. The van der Waals surface area contributed by atoms with Crippen LogP contribution in [0, 0.1) is 5.41 Å². The second kappa shape index (κ2) is 7.34. The molecule has 1 saturated heterocycles. The van der Waals surface area contributed by atoms with Gasteiger partial charge >= 0.3 is 0 Å². The topological polar surface area (TPSA) is 39.6 Å². The lowest BCUT2D eigenvalue weighted by atomic mass is 9.94. The van der Waals surface area contributed by atoms with Gasteiger partial charge in [0.05, 0.1) is 0 Å². The van der Waals surface area contributed by atoms with Crippen LogP contribution in [0.2, 0.25) is 0 Å². The van der Waals surface area contributed by atoms with Crippen LogP contribution in [0.1, 0.15) is 32.8 Å². The van der Waals surface area contributed by atoms with E-state index in [-0.39, 0.29) is 6.61 Å². The number of pyridine rings is 1. The summed E-state index contributed by atoms with van der Waals surface area (Å²) >= 11 is 0. The van der Waals surface area contributed by atoms with E-state index in [1.165, 1.54) is 5.56 Å². The van der Waals surface area contributed by atoms with E-state index in [1.54, 1.807) is 0 Å². The number of aromatic nitrogens is 1. The van der Waals surface area contributed by atoms with Crippen LogP contribution in [0.4, 0.5) is 0 Å². The smallest absolute Gasteiger partial charge is 0.0446 e. The minimum Gasteiger partial charge on any atom is -0.396 e. The highest BCUT2D eigenvalue weighted by atomic mass is 16.3. The van der Waals surface area contributed by atoms with Crippen molar-refractivity contribution in [1.82, 2.24) is 14.8 Å². The SMILES string of the molecule is CC(C)(C)CN1CCN(Cc2cccnc2)C[C@H]1CCO. The highest BCUT2D eigenvalue weighted by molar-refractivity contribution is 5.08. The molecule has 0 spiro atoms. The maximum Gasteiger partial charge on any atom is 0.0446 e. The summed E-state index contributed by atoms with van der Waals surface area (Å²) in [5, 5.41) is 9.36. The monoisotopic (exact) mass is 291 g/mol. The third-order valence-electron chi connectivity index (χ3n) is 3.96. The molecule has 1 aromatic heterocycles. The molecule has 2 heterocycles. The zero-order chi connectivity index (χ0) is 15.3. The van der Waals surface area contributed by atoms with Gasteiger partial charge < -0.3 is 5.11 Å². The Morgan fingerprint density at radius 1 is 1.33 bits per heavy atom. The lowest BCUT2D eigenvalue weighted by molar-refractivity contribution is 0.0339. The van der Waals surface area contributed by atoms with Gasteiger partial charge in [0.1, 0.15) is 0 Å². The zero-order valence-corrected chi connectivity index (χ0v) is 13.6. The molecule has 4 heteroatoms. The lowest BCUT2D eigenvalue weighted by Crippen LogP contribution is -2.54. The average molecular weight is 291 g/mol. The number of nitrogens with zero attached hydrogens (tertiary/aromatic N) is 3. The van der Waals surface area contributed by atoms with Crippen LogP contribution in [0.15, 0.2) is 24.5 Å². The normalized spacial score (nSPS) is 21.6. The highest BCUT2D eigenvalue weighted by Gasteiger charge is 2.29. The molecule has 1 aliphatic rings. The van der Waals surface area contributed by atoms with E-state index in [2.05, 4.69) is 41.6 Å². The van der Waals surface area contributed by atoms with Gasteiger partial charge in [-0.2, -0.15) is 0 Å². The molecule has 0 radical (unpaired) electrons. The molecule has 1 aromatic rings. The Morgan fingerprint density at radius 3 is 2.76 bits per heavy atom. The van der Waals surface area contributed by atoms with Crippen molar-refractivity contribution in [2.45, 2.75) is 39.8 Å². The Balaban J connectivity index is 1.94. The van der Waals surface area contributed by atoms with E-state index in [0.29, 0.717) is 11.5 Å². The molecule has 21 heavy (non-hydrogen) atoms. The summed E-state index contributed by atoms with van der Waals surface area (Å²) in [5.41, 5.74) is 1.57. The van der Waals surface area contributed by atoms with E-state index >= 15 is 0 Å². The first kappa shape index (κ1) is 16.4. The first-order chi connectivity index (χ1) is 9.98. The molecule has 1 atom stereocenters. The maximum absolute atomic E-state index is 9.36. The molecule has 0 aliphatic carbocycles. The molecule has 1 N–H and O–H groups in total. The maximum atomic E-state index is 9.36. The van der Waals surface area contributed by atoms with Gasteiger partial charge in [0.15, 0.2) is 0 Å². The second-order valence-electron chi connectivity index (χ2n) is 7.29. The van der Waals surface area contributed by atoms with Gasteiger partial charge in [0.2, 0.25) is 0 Å². The minimum atomic E-state index is 0.270. The molecular formula is C17H29N3O. The van der Waals surface area contributed by atoms with Gasteiger partial charge in [-0.3, -0.25) is 14.8 Å². The van der Waals surface area contributed by atoms with Gasteiger partial charge in [-0.1, -0.05) is 26.8 Å². The Bertz CT molecular complexity index is 416. The fraction of sp³-hybridized carbons (Fsp3) is 0.706. The van der Waals surface area contributed by atoms with E-state index in [4.69, 9.17) is 0 Å². The first-order valence-corrected chi connectivity index (χ1v) is 7.94. The summed E-state index contributed by atoms with van der Waals surface area (Å²) in [6.45, 7) is 12.4. The Morgan fingerprint density at radius 2 is 2.14 bits per heavy atom. The van der Waals surface area contributed by atoms with Crippen molar-refractivity contribution in [1.29, 1.82) is 0 Å². The molecule has 2 rings (SSSR count). The number of aliphatic hydroxyl groups is 1. The van der Waals surface area contributed by atoms with E-state index in [9.17, 15) is 5.11 Å². The number of hydrogen-bond acceptors (Lipinski definition) is 4. The van der Waals surface area contributed by atoms with Gasteiger partial charge in [-0.25, -0.2) is 0 Å². The molecule has 0 aromatic carbocycles. The highest BCUT2D eigenvalue weighted by Crippen LogP contribution is 2.21. The summed E-state index contributed by atoms with van der Waals surface area (Å²) in [6, 6.07) is 4.59.